The van der Waals surface area contributed by atoms with Gasteiger partial charge < -0.3 is 5.73 Å². The van der Waals surface area contributed by atoms with Crippen LogP contribution in [0.5, 0.6) is 0 Å². The van der Waals surface area contributed by atoms with Gasteiger partial charge in [-0.3, -0.25) is 0 Å². The van der Waals surface area contributed by atoms with Crippen molar-refractivity contribution in [1.29, 1.82) is 0 Å². The van der Waals surface area contributed by atoms with Gasteiger partial charge >= 0.3 is 0 Å². The van der Waals surface area contributed by atoms with E-state index in [1.807, 2.05) is 44.2 Å². The van der Waals surface area contributed by atoms with Crippen LogP contribution in [0.1, 0.15) is 25.8 Å². The quantitative estimate of drug-likeness (QED) is 0.917. The van der Waals surface area contributed by atoms with Crippen LogP contribution in [0.15, 0.2) is 30.3 Å². The lowest BCUT2D eigenvalue weighted by molar-refractivity contribution is 0.155. The highest BCUT2D eigenvalue weighted by Gasteiger charge is 2.37. The van der Waals surface area contributed by atoms with Crippen LogP contribution in [0, 0.1) is 5.41 Å². The summed E-state index contributed by atoms with van der Waals surface area (Å²) in [7, 11) is -3.20. The fourth-order valence-corrected chi connectivity index (χ4v) is 4.25. The molecule has 6 heteroatoms. The zero-order chi connectivity index (χ0) is 14.8. The fraction of sp³-hybridized carbons (Fsp3) is 0.600. The average molecular weight is 333 g/mol. The molecule has 2 N–H and O–H groups in total. The molecule has 1 atom stereocenters. The van der Waals surface area contributed by atoms with Gasteiger partial charge in [0.15, 0.2) is 0 Å². The number of nitrogens with zero attached hydrogens (tertiary/aromatic N) is 1. The largest absolute Gasteiger partial charge is 0.327 e. The number of halogens is 1. The van der Waals surface area contributed by atoms with Gasteiger partial charge in [-0.25, -0.2) is 12.7 Å². The first-order chi connectivity index (χ1) is 9.31. The number of hydrogen-bond acceptors (Lipinski definition) is 3. The summed E-state index contributed by atoms with van der Waals surface area (Å²) in [5.74, 6) is 0.169. The Kier molecular flexibility index (Phi) is 6.23. The SMILES string of the molecule is CC1(C)CN(S(=O)(=O)CCc2ccccc2)CCC1N.Cl. The second-order valence-corrected chi connectivity index (χ2v) is 8.36. The Morgan fingerprint density at radius 3 is 2.48 bits per heavy atom. The van der Waals surface area contributed by atoms with Crippen molar-refractivity contribution in [3.8, 4) is 0 Å². The maximum Gasteiger partial charge on any atom is 0.214 e. The lowest BCUT2D eigenvalue weighted by Gasteiger charge is -2.41. The molecule has 0 radical (unpaired) electrons. The summed E-state index contributed by atoms with van der Waals surface area (Å²) < 4.78 is 26.5. The predicted molar refractivity (Wildman–Crippen MR) is 89.1 cm³/mol. The molecule has 0 aromatic heterocycles. The third-order valence-corrected chi connectivity index (χ3v) is 5.98. The van der Waals surface area contributed by atoms with Gasteiger partial charge in [-0.15, -0.1) is 12.4 Å². The van der Waals surface area contributed by atoms with Gasteiger partial charge in [0, 0.05) is 19.1 Å². The molecule has 0 saturated carbocycles. The number of nitrogens with two attached hydrogens (primary N) is 1. The lowest BCUT2D eigenvalue weighted by atomic mass is 9.81. The third-order valence-electron chi connectivity index (χ3n) is 4.16. The van der Waals surface area contributed by atoms with Crippen LogP contribution in [0.2, 0.25) is 0 Å². The van der Waals surface area contributed by atoms with Gasteiger partial charge in [0.25, 0.3) is 0 Å². The van der Waals surface area contributed by atoms with Gasteiger partial charge in [-0.2, -0.15) is 0 Å². The molecule has 0 bridgehead atoms. The summed E-state index contributed by atoms with van der Waals surface area (Å²) in [6.07, 6.45) is 1.30. The summed E-state index contributed by atoms with van der Waals surface area (Å²) in [6, 6.07) is 9.81. The number of sulfonamides is 1. The van der Waals surface area contributed by atoms with Crippen molar-refractivity contribution in [2.45, 2.75) is 32.7 Å². The van der Waals surface area contributed by atoms with E-state index in [9.17, 15) is 8.42 Å². The Hall–Kier alpha value is -0.620. The van der Waals surface area contributed by atoms with Gasteiger partial charge in [-0.05, 0) is 23.8 Å². The molecule has 4 nitrogen and oxygen atoms in total. The molecular formula is C15H25ClN2O2S. The summed E-state index contributed by atoms with van der Waals surface area (Å²) in [4.78, 5) is 0. The van der Waals surface area contributed by atoms with E-state index in [2.05, 4.69) is 0 Å². The van der Waals surface area contributed by atoms with E-state index in [4.69, 9.17) is 5.73 Å². The van der Waals surface area contributed by atoms with Crippen molar-refractivity contribution >= 4 is 22.4 Å². The molecule has 1 aromatic carbocycles. The summed E-state index contributed by atoms with van der Waals surface area (Å²) in [6.45, 7) is 5.14. The molecule has 1 heterocycles. The first-order valence-corrected chi connectivity index (χ1v) is 8.69. The van der Waals surface area contributed by atoms with Gasteiger partial charge in [0.1, 0.15) is 0 Å². The molecule has 1 aliphatic heterocycles. The van der Waals surface area contributed by atoms with E-state index < -0.39 is 10.0 Å². The van der Waals surface area contributed by atoms with Gasteiger partial charge in [0.05, 0.1) is 5.75 Å². The van der Waals surface area contributed by atoms with Crippen molar-refractivity contribution < 1.29 is 8.42 Å². The van der Waals surface area contributed by atoms with E-state index in [0.29, 0.717) is 19.5 Å². The molecule has 1 aromatic rings. The van der Waals surface area contributed by atoms with Crippen LogP contribution in [0.4, 0.5) is 0 Å². The van der Waals surface area contributed by atoms with Crippen LogP contribution in [-0.4, -0.2) is 37.6 Å². The Labute approximate surface area is 134 Å². The van der Waals surface area contributed by atoms with E-state index >= 15 is 0 Å². The molecular weight excluding hydrogens is 308 g/mol. The van der Waals surface area contributed by atoms with Gasteiger partial charge in [-0.1, -0.05) is 44.2 Å². The van der Waals surface area contributed by atoms with E-state index in [1.165, 1.54) is 0 Å². The van der Waals surface area contributed by atoms with Crippen molar-refractivity contribution in [2.75, 3.05) is 18.8 Å². The molecule has 0 spiro atoms. The molecule has 1 unspecified atom stereocenters. The second-order valence-electron chi connectivity index (χ2n) is 6.27. The molecule has 2 rings (SSSR count). The monoisotopic (exact) mass is 332 g/mol. The van der Waals surface area contributed by atoms with Crippen molar-refractivity contribution in [3.63, 3.8) is 0 Å². The molecule has 0 amide bonds. The lowest BCUT2D eigenvalue weighted by Crippen LogP contribution is -2.54. The maximum atomic E-state index is 12.4. The molecule has 1 aliphatic rings. The zero-order valence-corrected chi connectivity index (χ0v) is 14.3. The highest BCUT2D eigenvalue weighted by atomic mass is 35.5. The predicted octanol–water partition coefficient (Wildman–Crippen LogP) is 2.04. The normalized spacial score (nSPS) is 22.5. The number of rotatable bonds is 4. The Morgan fingerprint density at radius 2 is 1.90 bits per heavy atom. The first-order valence-electron chi connectivity index (χ1n) is 7.09. The molecule has 1 saturated heterocycles. The number of benzene rings is 1. The van der Waals surface area contributed by atoms with E-state index in [-0.39, 0.29) is 29.6 Å². The molecule has 120 valence electrons. The highest BCUT2D eigenvalue weighted by molar-refractivity contribution is 7.89. The van der Waals surface area contributed by atoms with E-state index in [1.54, 1.807) is 4.31 Å². The number of piperidine rings is 1. The van der Waals surface area contributed by atoms with Crippen LogP contribution in [0.25, 0.3) is 0 Å². The van der Waals surface area contributed by atoms with Crippen LogP contribution in [0.3, 0.4) is 0 Å². The Bertz CT molecular complexity index is 546. The summed E-state index contributed by atoms with van der Waals surface area (Å²) >= 11 is 0. The van der Waals surface area contributed by atoms with Crippen molar-refractivity contribution in [2.24, 2.45) is 11.1 Å². The zero-order valence-electron chi connectivity index (χ0n) is 12.7. The minimum atomic E-state index is -3.20. The van der Waals surface area contributed by atoms with Crippen molar-refractivity contribution in [1.82, 2.24) is 4.31 Å². The minimum absolute atomic E-state index is 0. The average Bonchev–Trinajstić information content (AvgIpc) is 2.41. The van der Waals surface area contributed by atoms with Crippen molar-refractivity contribution in [3.05, 3.63) is 35.9 Å². The summed E-state index contributed by atoms with van der Waals surface area (Å²) in [5.41, 5.74) is 6.97. The highest BCUT2D eigenvalue weighted by Crippen LogP contribution is 2.29. The molecule has 1 fully saturated rings. The Morgan fingerprint density at radius 1 is 1.29 bits per heavy atom. The minimum Gasteiger partial charge on any atom is -0.327 e. The topological polar surface area (TPSA) is 63.4 Å². The smallest absolute Gasteiger partial charge is 0.214 e. The standard InChI is InChI=1S/C15H24N2O2S.ClH/c1-15(2)12-17(10-8-14(15)16)20(18,19)11-9-13-6-4-3-5-7-13;/h3-7,14H,8-12,16H2,1-2H3;1H. The summed E-state index contributed by atoms with van der Waals surface area (Å²) in [5, 5.41) is 0. The number of aryl methyl sites for hydroxylation is 1. The number of hydrogen-bond donors (Lipinski definition) is 1. The fourth-order valence-electron chi connectivity index (χ4n) is 2.58. The van der Waals surface area contributed by atoms with Crippen LogP contribution >= 0.6 is 12.4 Å². The molecule has 21 heavy (non-hydrogen) atoms. The van der Waals surface area contributed by atoms with Crippen LogP contribution < -0.4 is 5.73 Å². The third kappa shape index (κ3) is 4.68. The second kappa shape index (κ2) is 7.09. The maximum absolute atomic E-state index is 12.4. The van der Waals surface area contributed by atoms with Gasteiger partial charge in [0.2, 0.25) is 10.0 Å². The van der Waals surface area contributed by atoms with Crippen LogP contribution in [-0.2, 0) is 16.4 Å². The van der Waals surface area contributed by atoms with E-state index in [0.717, 1.165) is 12.0 Å². The molecule has 0 aliphatic carbocycles. The first kappa shape index (κ1) is 18.4. The Balaban J connectivity index is 0.00000220.